The van der Waals surface area contributed by atoms with Crippen LogP contribution in [0.3, 0.4) is 0 Å². The van der Waals surface area contributed by atoms with E-state index in [-0.39, 0.29) is 6.61 Å². The maximum absolute atomic E-state index is 8.72. The summed E-state index contributed by atoms with van der Waals surface area (Å²) in [4.78, 5) is 4.12. The van der Waals surface area contributed by atoms with Crippen molar-refractivity contribution < 1.29 is 5.11 Å². The zero-order valence-electron chi connectivity index (χ0n) is 9.69. The molecule has 0 unspecified atom stereocenters. The lowest BCUT2D eigenvalue weighted by Gasteiger charge is -2.10. The first-order chi connectivity index (χ1) is 8.33. The molecule has 4 N–H and O–H groups in total. The minimum atomic E-state index is 0.242. The van der Waals surface area contributed by atoms with E-state index < -0.39 is 0 Å². The number of aromatic nitrogens is 1. The van der Waals surface area contributed by atoms with Crippen LogP contribution in [0.25, 0.3) is 10.8 Å². The second-order valence-electron chi connectivity index (χ2n) is 3.98. The topological polar surface area (TPSA) is 71.2 Å². The van der Waals surface area contributed by atoms with Crippen molar-refractivity contribution in [2.45, 2.75) is 12.8 Å². The summed E-state index contributed by atoms with van der Waals surface area (Å²) in [5, 5.41) is 14.1. The van der Waals surface area contributed by atoms with Crippen LogP contribution in [0.15, 0.2) is 30.6 Å². The van der Waals surface area contributed by atoms with Crippen molar-refractivity contribution in [2.24, 2.45) is 0 Å². The fourth-order valence-electron chi connectivity index (χ4n) is 1.83. The lowest BCUT2D eigenvalue weighted by molar-refractivity contribution is 0.286. The van der Waals surface area contributed by atoms with Crippen LogP contribution in [0.5, 0.6) is 0 Å². The van der Waals surface area contributed by atoms with Crippen molar-refractivity contribution in [3.8, 4) is 0 Å². The van der Waals surface area contributed by atoms with E-state index in [9.17, 15) is 0 Å². The Hall–Kier alpha value is -1.81. The van der Waals surface area contributed by atoms with Gasteiger partial charge in [0, 0.05) is 47.7 Å². The van der Waals surface area contributed by atoms with Crippen molar-refractivity contribution in [3.63, 3.8) is 0 Å². The SMILES string of the molecule is Nc1ccc(NCCCCO)c2cnccc12. The molecule has 1 aromatic carbocycles. The predicted octanol–water partition coefficient (Wildman–Crippen LogP) is 2.00. The number of aliphatic hydroxyl groups is 1. The van der Waals surface area contributed by atoms with Crippen LogP contribution in [-0.4, -0.2) is 23.2 Å². The smallest absolute Gasteiger partial charge is 0.0437 e. The van der Waals surface area contributed by atoms with Gasteiger partial charge in [0.2, 0.25) is 0 Å². The molecule has 0 saturated heterocycles. The fraction of sp³-hybridized carbons (Fsp3) is 0.308. The van der Waals surface area contributed by atoms with Crippen molar-refractivity contribution >= 4 is 22.1 Å². The van der Waals surface area contributed by atoms with Crippen LogP contribution in [0, 0.1) is 0 Å². The van der Waals surface area contributed by atoms with E-state index in [4.69, 9.17) is 10.8 Å². The Labute approximate surface area is 100 Å². The Morgan fingerprint density at radius 2 is 2.06 bits per heavy atom. The number of nitrogens with two attached hydrogens (primary N) is 1. The minimum Gasteiger partial charge on any atom is -0.398 e. The van der Waals surface area contributed by atoms with E-state index >= 15 is 0 Å². The molecule has 1 aromatic heterocycles. The number of rotatable bonds is 5. The second kappa shape index (κ2) is 5.50. The Balaban J connectivity index is 2.20. The lowest BCUT2D eigenvalue weighted by Crippen LogP contribution is -2.03. The van der Waals surface area contributed by atoms with Gasteiger partial charge in [-0.2, -0.15) is 0 Å². The number of benzene rings is 1. The van der Waals surface area contributed by atoms with Gasteiger partial charge in [0.05, 0.1) is 0 Å². The van der Waals surface area contributed by atoms with Gasteiger partial charge in [-0.3, -0.25) is 4.98 Å². The Morgan fingerprint density at radius 3 is 2.88 bits per heavy atom. The van der Waals surface area contributed by atoms with Crippen molar-refractivity contribution in [3.05, 3.63) is 30.6 Å². The standard InChI is InChI=1S/C13H17N3O/c14-12-3-4-13(16-6-1-2-8-17)11-9-15-7-5-10(11)12/h3-5,7,9,16-17H,1-2,6,8,14H2. The lowest BCUT2D eigenvalue weighted by atomic mass is 10.1. The van der Waals surface area contributed by atoms with Crippen LogP contribution in [0.4, 0.5) is 11.4 Å². The summed E-state index contributed by atoms with van der Waals surface area (Å²) in [5.74, 6) is 0. The summed E-state index contributed by atoms with van der Waals surface area (Å²) in [6.07, 6.45) is 5.33. The van der Waals surface area contributed by atoms with Gasteiger partial charge in [0.25, 0.3) is 0 Å². The summed E-state index contributed by atoms with van der Waals surface area (Å²) in [6, 6.07) is 5.79. The maximum atomic E-state index is 8.72. The average molecular weight is 231 g/mol. The highest BCUT2D eigenvalue weighted by molar-refractivity contribution is 6.00. The van der Waals surface area contributed by atoms with Gasteiger partial charge >= 0.3 is 0 Å². The molecular formula is C13H17N3O. The zero-order chi connectivity index (χ0) is 12.1. The Kier molecular flexibility index (Phi) is 3.77. The van der Waals surface area contributed by atoms with Gasteiger partial charge in [-0.1, -0.05) is 0 Å². The monoisotopic (exact) mass is 231 g/mol. The first kappa shape index (κ1) is 11.7. The van der Waals surface area contributed by atoms with Crippen molar-refractivity contribution in [1.82, 2.24) is 4.98 Å². The summed E-state index contributed by atoms with van der Waals surface area (Å²) < 4.78 is 0. The molecule has 0 fully saturated rings. The van der Waals surface area contributed by atoms with Gasteiger partial charge in [-0.05, 0) is 31.0 Å². The first-order valence-electron chi connectivity index (χ1n) is 5.80. The van der Waals surface area contributed by atoms with Gasteiger partial charge in [-0.25, -0.2) is 0 Å². The molecule has 90 valence electrons. The largest absolute Gasteiger partial charge is 0.398 e. The summed E-state index contributed by atoms with van der Waals surface area (Å²) in [5.41, 5.74) is 7.72. The average Bonchev–Trinajstić information content (AvgIpc) is 2.37. The zero-order valence-corrected chi connectivity index (χ0v) is 9.69. The Bertz CT molecular complexity index is 499. The number of nitrogen functional groups attached to an aromatic ring is 1. The number of anilines is 2. The highest BCUT2D eigenvalue weighted by Gasteiger charge is 2.03. The van der Waals surface area contributed by atoms with Crippen LogP contribution in [-0.2, 0) is 0 Å². The normalized spacial score (nSPS) is 10.6. The molecule has 0 saturated carbocycles. The summed E-state index contributed by atoms with van der Waals surface area (Å²) in [6.45, 7) is 1.08. The van der Waals surface area contributed by atoms with E-state index in [0.29, 0.717) is 0 Å². The molecule has 4 heteroatoms. The third kappa shape index (κ3) is 2.65. The molecule has 0 aliphatic heterocycles. The summed E-state index contributed by atoms with van der Waals surface area (Å²) >= 11 is 0. The van der Waals surface area contributed by atoms with E-state index in [2.05, 4.69) is 10.3 Å². The van der Waals surface area contributed by atoms with Gasteiger partial charge in [-0.15, -0.1) is 0 Å². The molecule has 0 atom stereocenters. The number of pyridine rings is 1. The molecule has 4 nitrogen and oxygen atoms in total. The van der Waals surface area contributed by atoms with Crippen LogP contribution in [0.2, 0.25) is 0 Å². The molecule has 0 spiro atoms. The number of nitrogens with one attached hydrogen (secondary N) is 1. The molecule has 2 aromatic rings. The molecule has 1 heterocycles. The van der Waals surface area contributed by atoms with E-state index in [1.165, 1.54) is 0 Å². The second-order valence-corrected chi connectivity index (χ2v) is 3.98. The summed E-state index contributed by atoms with van der Waals surface area (Å²) in [7, 11) is 0. The van der Waals surface area contributed by atoms with Crippen molar-refractivity contribution in [2.75, 3.05) is 24.2 Å². The number of hydrogen-bond donors (Lipinski definition) is 3. The van der Waals surface area contributed by atoms with Gasteiger partial charge in [0.15, 0.2) is 0 Å². The molecule has 17 heavy (non-hydrogen) atoms. The fourth-order valence-corrected chi connectivity index (χ4v) is 1.83. The predicted molar refractivity (Wildman–Crippen MR) is 71.0 cm³/mol. The number of unbranched alkanes of at least 4 members (excludes halogenated alkanes) is 1. The van der Waals surface area contributed by atoms with E-state index in [0.717, 1.165) is 41.5 Å². The van der Waals surface area contributed by atoms with E-state index in [1.807, 2.05) is 24.4 Å². The molecule has 0 aliphatic rings. The molecule has 2 rings (SSSR count). The van der Waals surface area contributed by atoms with Crippen molar-refractivity contribution in [1.29, 1.82) is 0 Å². The maximum Gasteiger partial charge on any atom is 0.0437 e. The molecular weight excluding hydrogens is 214 g/mol. The molecule has 0 bridgehead atoms. The highest BCUT2D eigenvalue weighted by atomic mass is 16.2. The molecule has 0 amide bonds. The van der Waals surface area contributed by atoms with Gasteiger partial charge < -0.3 is 16.2 Å². The molecule has 0 radical (unpaired) electrons. The number of nitrogens with zero attached hydrogens (tertiary/aromatic N) is 1. The highest BCUT2D eigenvalue weighted by Crippen LogP contribution is 2.27. The molecule has 0 aliphatic carbocycles. The minimum absolute atomic E-state index is 0.242. The van der Waals surface area contributed by atoms with Crippen LogP contribution in [0.1, 0.15) is 12.8 Å². The first-order valence-corrected chi connectivity index (χ1v) is 5.80. The van der Waals surface area contributed by atoms with E-state index in [1.54, 1.807) is 6.20 Å². The van der Waals surface area contributed by atoms with Crippen LogP contribution < -0.4 is 11.1 Å². The number of fused-ring (bicyclic) bond motifs is 1. The quantitative estimate of drug-likeness (QED) is 0.543. The van der Waals surface area contributed by atoms with Gasteiger partial charge in [0.1, 0.15) is 0 Å². The van der Waals surface area contributed by atoms with Crippen LogP contribution >= 0.6 is 0 Å². The number of hydrogen-bond acceptors (Lipinski definition) is 4. The third-order valence-corrected chi connectivity index (χ3v) is 2.75. The Morgan fingerprint density at radius 1 is 1.18 bits per heavy atom. The third-order valence-electron chi connectivity index (χ3n) is 2.75. The number of aliphatic hydroxyl groups excluding tert-OH is 1.